The van der Waals surface area contributed by atoms with E-state index in [9.17, 15) is 0 Å². The van der Waals surface area contributed by atoms with Gasteiger partial charge in [0.05, 0.1) is 16.7 Å². The molecule has 1 aromatic heterocycles. The van der Waals surface area contributed by atoms with E-state index >= 15 is 0 Å². The number of hydrogen-bond donors (Lipinski definition) is 0. The van der Waals surface area contributed by atoms with Crippen LogP contribution >= 0.6 is 0 Å². The van der Waals surface area contributed by atoms with E-state index in [0.29, 0.717) is 0 Å². The molecule has 0 spiro atoms. The summed E-state index contributed by atoms with van der Waals surface area (Å²) in [6.45, 7) is 0. The first-order valence-electron chi connectivity index (χ1n) is 24.1. The van der Waals surface area contributed by atoms with Gasteiger partial charge in [0.2, 0.25) is 0 Å². The lowest BCUT2D eigenvalue weighted by molar-refractivity contribution is 1.18. The molecule has 0 aliphatic heterocycles. The van der Waals surface area contributed by atoms with Crippen LogP contribution in [0.15, 0.2) is 279 Å². The Morgan fingerprint density at radius 3 is 1.39 bits per heavy atom. The zero-order valence-electron chi connectivity index (χ0n) is 38.5. The van der Waals surface area contributed by atoms with E-state index in [1.807, 2.05) is 0 Å². The Labute approximate surface area is 408 Å². The molecule has 0 aliphatic carbocycles. The normalized spacial score (nSPS) is 11.4. The lowest BCUT2D eigenvalue weighted by Crippen LogP contribution is -2.10. The van der Waals surface area contributed by atoms with Gasteiger partial charge in [0.15, 0.2) is 0 Å². The minimum Gasteiger partial charge on any atom is -0.310 e. The monoisotopic (exact) mass is 890 g/mol. The lowest BCUT2D eigenvalue weighted by Gasteiger charge is -2.27. The van der Waals surface area contributed by atoms with Crippen molar-refractivity contribution in [2.75, 3.05) is 4.90 Å². The summed E-state index contributed by atoms with van der Waals surface area (Å²) in [5.41, 5.74) is 18.7. The van der Waals surface area contributed by atoms with Crippen molar-refractivity contribution in [1.82, 2.24) is 4.57 Å². The van der Waals surface area contributed by atoms with Gasteiger partial charge in [0, 0.05) is 33.2 Å². The molecule has 12 aromatic carbocycles. The summed E-state index contributed by atoms with van der Waals surface area (Å²) in [4.78, 5) is 2.41. The van der Waals surface area contributed by atoms with Gasteiger partial charge in [-0.05, 0) is 139 Å². The molecule has 328 valence electrons. The first-order chi connectivity index (χ1) is 34.7. The van der Waals surface area contributed by atoms with Gasteiger partial charge in [-0.3, -0.25) is 0 Å². The molecule has 0 bridgehead atoms. The molecule has 0 radical (unpaired) electrons. The predicted octanol–water partition coefficient (Wildman–Crippen LogP) is 18.9. The SMILES string of the molecule is c1ccc(-c2ccc(-c3cc(-c4ccc(-c5ccccc5)cc4)cc(-n4c5ccccc5c5cc(-c6cccc(N(c7ccc8ccccc8c7)c7cccc8ccccc78)c6)ccc54)c3)cc2)cc1. The molecule has 2 nitrogen and oxygen atoms in total. The van der Waals surface area contributed by atoms with Crippen LogP contribution in [0.1, 0.15) is 0 Å². The molecule has 0 saturated heterocycles. The fourth-order valence-corrected chi connectivity index (χ4v) is 10.4. The van der Waals surface area contributed by atoms with Crippen LogP contribution in [-0.2, 0) is 0 Å². The van der Waals surface area contributed by atoms with Crippen LogP contribution in [0.2, 0.25) is 0 Å². The fourth-order valence-electron chi connectivity index (χ4n) is 10.4. The van der Waals surface area contributed by atoms with Gasteiger partial charge in [-0.25, -0.2) is 0 Å². The number of para-hydroxylation sites is 1. The van der Waals surface area contributed by atoms with Gasteiger partial charge in [0.25, 0.3) is 0 Å². The number of rotatable bonds is 9. The van der Waals surface area contributed by atoms with E-state index in [1.54, 1.807) is 0 Å². The molecular formula is C68H46N2. The van der Waals surface area contributed by atoms with Crippen LogP contribution in [0, 0.1) is 0 Å². The first-order valence-corrected chi connectivity index (χ1v) is 24.1. The number of nitrogens with zero attached hydrogens (tertiary/aromatic N) is 2. The third kappa shape index (κ3) is 7.49. The Bertz CT molecular complexity index is 3930. The van der Waals surface area contributed by atoms with Crippen LogP contribution in [0.25, 0.3) is 105 Å². The second-order valence-corrected chi connectivity index (χ2v) is 18.2. The zero-order valence-corrected chi connectivity index (χ0v) is 38.5. The maximum Gasteiger partial charge on any atom is 0.0541 e. The average Bonchev–Trinajstić information content (AvgIpc) is 3.77. The molecule has 1 heterocycles. The van der Waals surface area contributed by atoms with Crippen molar-refractivity contribution in [1.29, 1.82) is 0 Å². The van der Waals surface area contributed by atoms with Crippen LogP contribution in [0.4, 0.5) is 17.1 Å². The van der Waals surface area contributed by atoms with Crippen molar-refractivity contribution in [2.24, 2.45) is 0 Å². The Hall–Kier alpha value is -9.24. The Balaban J connectivity index is 0.945. The first kappa shape index (κ1) is 41.0. The summed E-state index contributed by atoms with van der Waals surface area (Å²) in [7, 11) is 0. The predicted molar refractivity (Wildman–Crippen MR) is 298 cm³/mol. The summed E-state index contributed by atoms with van der Waals surface area (Å²) in [5, 5.41) is 7.29. The van der Waals surface area contributed by atoms with Crippen molar-refractivity contribution in [3.63, 3.8) is 0 Å². The standard InChI is InChI=1S/C68H46N2/c1-3-15-47(16-4-1)50-29-33-52(34-30-50)58-41-59(53-35-31-51(32-36-53)48-17-5-2-6-18-48)45-62(44-58)70-67-27-12-11-26-64(67)65-46-57(38-40-68(65)70)56-23-13-24-60(43-56)69(61-39-37-49-19-7-8-21-55(49)42-61)66-28-14-22-54-20-9-10-25-63(54)66/h1-46H. The second-order valence-electron chi connectivity index (χ2n) is 18.2. The average molecular weight is 891 g/mol. The minimum absolute atomic E-state index is 1.10. The highest BCUT2D eigenvalue weighted by Gasteiger charge is 2.19. The van der Waals surface area contributed by atoms with E-state index in [4.69, 9.17) is 0 Å². The molecule has 0 amide bonds. The van der Waals surface area contributed by atoms with Crippen LogP contribution in [-0.4, -0.2) is 4.57 Å². The zero-order chi connectivity index (χ0) is 46.4. The van der Waals surface area contributed by atoms with Crippen LogP contribution in [0.5, 0.6) is 0 Å². The largest absolute Gasteiger partial charge is 0.310 e. The highest BCUT2D eigenvalue weighted by atomic mass is 15.1. The third-order valence-electron chi connectivity index (χ3n) is 13.9. The van der Waals surface area contributed by atoms with Gasteiger partial charge in [-0.2, -0.15) is 0 Å². The van der Waals surface area contributed by atoms with E-state index in [0.717, 1.165) is 33.8 Å². The van der Waals surface area contributed by atoms with Gasteiger partial charge in [0.1, 0.15) is 0 Å². The Kier molecular flexibility index (Phi) is 10.2. The van der Waals surface area contributed by atoms with Crippen LogP contribution < -0.4 is 4.90 Å². The van der Waals surface area contributed by atoms with Gasteiger partial charge >= 0.3 is 0 Å². The quantitative estimate of drug-likeness (QED) is 0.140. The molecule has 0 atom stereocenters. The van der Waals surface area contributed by atoms with E-state index < -0.39 is 0 Å². The molecule has 0 saturated carbocycles. The highest BCUT2D eigenvalue weighted by molar-refractivity contribution is 6.11. The smallest absolute Gasteiger partial charge is 0.0541 e. The van der Waals surface area contributed by atoms with Crippen molar-refractivity contribution in [3.8, 4) is 61.3 Å². The molecular weight excluding hydrogens is 845 g/mol. The molecule has 70 heavy (non-hydrogen) atoms. The van der Waals surface area contributed by atoms with Crippen molar-refractivity contribution in [2.45, 2.75) is 0 Å². The molecule has 0 unspecified atom stereocenters. The van der Waals surface area contributed by atoms with Crippen molar-refractivity contribution in [3.05, 3.63) is 279 Å². The number of aromatic nitrogens is 1. The second kappa shape index (κ2) is 17.4. The summed E-state index contributed by atoms with van der Waals surface area (Å²) in [5.74, 6) is 0. The molecule has 13 rings (SSSR count). The minimum atomic E-state index is 1.10. The van der Waals surface area contributed by atoms with E-state index in [1.165, 1.54) is 87.9 Å². The van der Waals surface area contributed by atoms with E-state index in [-0.39, 0.29) is 0 Å². The van der Waals surface area contributed by atoms with Gasteiger partial charge < -0.3 is 9.47 Å². The highest BCUT2D eigenvalue weighted by Crippen LogP contribution is 2.43. The third-order valence-corrected chi connectivity index (χ3v) is 13.9. The number of hydrogen-bond acceptors (Lipinski definition) is 1. The number of benzene rings is 12. The lowest BCUT2D eigenvalue weighted by atomic mass is 9.95. The fraction of sp³-hybridized carbons (Fsp3) is 0. The Morgan fingerprint density at radius 2 is 0.700 bits per heavy atom. The van der Waals surface area contributed by atoms with Crippen LogP contribution in [0.3, 0.4) is 0 Å². The molecule has 13 aromatic rings. The van der Waals surface area contributed by atoms with Gasteiger partial charge in [-0.15, -0.1) is 0 Å². The maximum absolute atomic E-state index is 2.45. The molecule has 0 fully saturated rings. The number of anilines is 3. The van der Waals surface area contributed by atoms with Gasteiger partial charge in [-0.1, -0.05) is 212 Å². The number of fused-ring (bicyclic) bond motifs is 5. The summed E-state index contributed by atoms with van der Waals surface area (Å²) in [6.07, 6.45) is 0. The van der Waals surface area contributed by atoms with E-state index in [2.05, 4.69) is 289 Å². The van der Waals surface area contributed by atoms with Crippen molar-refractivity contribution >= 4 is 60.4 Å². The maximum atomic E-state index is 2.45. The van der Waals surface area contributed by atoms with Crippen molar-refractivity contribution < 1.29 is 0 Å². The summed E-state index contributed by atoms with van der Waals surface area (Å²) >= 11 is 0. The Morgan fingerprint density at radius 1 is 0.229 bits per heavy atom. The topological polar surface area (TPSA) is 8.17 Å². The molecule has 0 N–H and O–H groups in total. The summed E-state index contributed by atoms with van der Waals surface area (Å²) < 4.78 is 2.45. The molecule has 0 aliphatic rings. The summed E-state index contributed by atoms with van der Waals surface area (Å²) in [6, 6.07) is 102. The molecule has 2 heteroatoms.